The van der Waals surface area contributed by atoms with E-state index in [-0.39, 0.29) is 12.5 Å². The van der Waals surface area contributed by atoms with Crippen LogP contribution in [0, 0.1) is 0 Å². The van der Waals surface area contributed by atoms with Crippen molar-refractivity contribution in [2.75, 3.05) is 19.8 Å². The first kappa shape index (κ1) is 25.3. The lowest BCUT2D eigenvalue weighted by atomic mass is 10.1. The van der Waals surface area contributed by atoms with E-state index in [9.17, 15) is 9.90 Å². The van der Waals surface area contributed by atoms with Crippen molar-refractivity contribution in [2.45, 2.75) is 64.6 Å². The van der Waals surface area contributed by atoms with Crippen LogP contribution in [0.1, 0.15) is 52.9 Å². The zero-order valence-electron chi connectivity index (χ0n) is 19.1. The van der Waals surface area contributed by atoms with Gasteiger partial charge in [0, 0.05) is 17.8 Å². The highest BCUT2D eigenvalue weighted by Gasteiger charge is 2.15. The number of nitrogens with zero attached hydrogens (tertiary/aromatic N) is 3. The minimum Gasteiger partial charge on any atom is -0.494 e. The Balaban J connectivity index is 1.75. The normalized spacial score (nSPS) is 12.1. The van der Waals surface area contributed by atoms with Crippen LogP contribution in [0.5, 0.6) is 11.5 Å². The summed E-state index contributed by atoms with van der Waals surface area (Å²) in [6.45, 7) is 6.56. The van der Waals surface area contributed by atoms with Gasteiger partial charge < -0.3 is 19.3 Å². The first-order valence-electron chi connectivity index (χ1n) is 11.0. The predicted molar refractivity (Wildman–Crippen MR) is 124 cm³/mol. The second kappa shape index (κ2) is 12.8. The quantitative estimate of drug-likeness (QED) is 0.143. The number of esters is 1. The highest BCUT2D eigenvalue weighted by molar-refractivity contribution is 5.85. The van der Waals surface area contributed by atoms with Crippen molar-refractivity contribution in [3.05, 3.63) is 46.8 Å². The Bertz CT molecular complexity index is 919. The van der Waals surface area contributed by atoms with Gasteiger partial charge in [-0.25, -0.2) is 0 Å². The Morgan fingerprint density at radius 3 is 2.31 bits per heavy atom. The average molecular weight is 444 g/mol. The molecule has 0 unspecified atom stereocenters. The van der Waals surface area contributed by atoms with E-state index in [1.54, 1.807) is 0 Å². The summed E-state index contributed by atoms with van der Waals surface area (Å²) >= 11 is 0. The average Bonchev–Trinajstić information content (AvgIpc) is 2.73. The van der Waals surface area contributed by atoms with Gasteiger partial charge in [0.05, 0.1) is 25.9 Å². The molecule has 0 radical (unpaired) electrons. The van der Waals surface area contributed by atoms with Gasteiger partial charge in [-0.2, -0.15) is 0 Å². The number of fused-ring (bicyclic) bond motifs is 1. The van der Waals surface area contributed by atoms with Gasteiger partial charge in [-0.15, -0.1) is 0 Å². The van der Waals surface area contributed by atoms with E-state index in [1.807, 2.05) is 57.2 Å². The maximum Gasteiger partial charge on any atom is 0.306 e. The number of aliphatic hydroxyl groups excluding tert-OH is 1. The molecule has 0 heterocycles. The van der Waals surface area contributed by atoms with Gasteiger partial charge in [0.25, 0.3) is 0 Å². The SMILES string of the molecule is CC(C)(C)OC(=O)CCCCCOc1ccc2ccc(OCC[C@H](O)CN=[N+]=[N-])cc2c1. The second-order valence-corrected chi connectivity index (χ2v) is 8.62. The molecule has 1 atom stereocenters. The van der Waals surface area contributed by atoms with Crippen LogP contribution in [-0.4, -0.2) is 42.5 Å². The lowest BCUT2D eigenvalue weighted by molar-refractivity contribution is -0.154. The lowest BCUT2D eigenvalue weighted by Gasteiger charge is -2.19. The standard InChI is InChI=1S/C24H33N3O5/c1-24(2,3)32-23(29)7-5-4-6-13-30-21-10-8-18-9-11-22(16-19(18)15-21)31-14-12-20(28)17-26-27-25/h8-11,15-16,20,28H,4-7,12-14,17H2,1-3H3/t20-/m0/s1. The third-order valence-corrected chi connectivity index (χ3v) is 4.57. The van der Waals surface area contributed by atoms with Crippen molar-refractivity contribution in [3.63, 3.8) is 0 Å². The molecule has 0 amide bonds. The van der Waals surface area contributed by atoms with Crippen LogP contribution in [0.25, 0.3) is 21.2 Å². The molecule has 1 N–H and O–H groups in total. The maximum absolute atomic E-state index is 11.7. The number of aliphatic hydroxyl groups is 1. The lowest BCUT2D eigenvalue weighted by Crippen LogP contribution is -2.23. The van der Waals surface area contributed by atoms with Crippen molar-refractivity contribution in [2.24, 2.45) is 5.11 Å². The van der Waals surface area contributed by atoms with E-state index in [0.29, 0.717) is 31.8 Å². The van der Waals surface area contributed by atoms with Crippen LogP contribution >= 0.6 is 0 Å². The van der Waals surface area contributed by atoms with Crippen LogP contribution in [0.15, 0.2) is 41.5 Å². The molecule has 0 spiro atoms. The van der Waals surface area contributed by atoms with Crippen molar-refractivity contribution in [1.82, 2.24) is 0 Å². The van der Waals surface area contributed by atoms with Gasteiger partial charge in [0.1, 0.15) is 17.1 Å². The minimum absolute atomic E-state index is 0.0410. The Morgan fingerprint density at radius 2 is 1.69 bits per heavy atom. The highest BCUT2D eigenvalue weighted by atomic mass is 16.6. The van der Waals surface area contributed by atoms with E-state index in [0.717, 1.165) is 35.8 Å². The number of azide groups is 1. The molecule has 2 aromatic rings. The van der Waals surface area contributed by atoms with Crippen LogP contribution in [0.2, 0.25) is 0 Å². The summed E-state index contributed by atoms with van der Waals surface area (Å²) in [6, 6.07) is 11.7. The number of rotatable bonds is 13. The van der Waals surface area contributed by atoms with Crippen LogP contribution in [0.3, 0.4) is 0 Å². The summed E-state index contributed by atoms with van der Waals surface area (Å²) in [5.74, 6) is 1.33. The molecule has 0 aromatic heterocycles. The van der Waals surface area contributed by atoms with Gasteiger partial charge in [-0.3, -0.25) is 4.79 Å². The molecular formula is C24H33N3O5. The summed E-state index contributed by atoms with van der Waals surface area (Å²) in [7, 11) is 0. The van der Waals surface area contributed by atoms with Crippen molar-refractivity contribution in [1.29, 1.82) is 0 Å². The fourth-order valence-electron chi connectivity index (χ4n) is 3.05. The third-order valence-electron chi connectivity index (χ3n) is 4.57. The van der Waals surface area contributed by atoms with Gasteiger partial charge in [-0.1, -0.05) is 17.2 Å². The van der Waals surface area contributed by atoms with E-state index in [2.05, 4.69) is 10.0 Å². The first-order valence-corrected chi connectivity index (χ1v) is 11.0. The monoisotopic (exact) mass is 443 g/mol. The molecule has 0 saturated carbocycles. The molecule has 0 fully saturated rings. The van der Waals surface area contributed by atoms with E-state index < -0.39 is 11.7 Å². The van der Waals surface area contributed by atoms with E-state index in [1.165, 1.54) is 0 Å². The summed E-state index contributed by atoms with van der Waals surface area (Å²) < 4.78 is 16.9. The summed E-state index contributed by atoms with van der Waals surface area (Å²) in [6.07, 6.45) is 2.65. The van der Waals surface area contributed by atoms with Crippen molar-refractivity contribution < 1.29 is 24.1 Å². The fraction of sp³-hybridized carbons (Fsp3) is 0.542. The molecule has 8 nitrogen and oxygen atoms in total. The zero-order chi connectivity index (χ0) is 23.4. The molecule has 0 aliphatic heterocycles. The van der Waals surface area contributed by atoms with Crippen LogP contribution < -0.4 is 9.47 Å². The number of unbranched alkanes of at least 4 members (excludes halogenated alkanes) is 2. The Labute approximate surface area is 189 Å². The molecular weight excluding hydrogens is 410 g/mol. The zero-order valence-corrected chi connectivity index (χ0v) is 19.1. The molecule has 0 aliphatic rings. The third kappa shape index (κ3) is 9.90. The molecule has 0 bridgehead atoms. The fourth-order valence-corrected chi connectivity index (χ4v) is 3.05. The molecule has 8 heteroatoms. The summed E-state index contributed by atoms with van der Waals surface area (Å²) in [5, 5.41) is 15.1. The van der Waals surface area contributed by atoms with Crippen LogP contribution in [-0.2, 0) is 9.53 Å². The Hall–Kier alpha value is -2.96. The number of carbonyl (C=O) groups excluding carboxylic acids is 1. The first-order chi connectivity index (χ1) is 15.3. The highest BCUT2D eigenvalue weighted by Crippen LogP contribution is 2.25. The molecule has 32 heavy (non-hydrogen) atoms. The predicted octanol–water partition coefficient (Wildman–Crippen LogP) is 5.56. The van der Waals surface area contributed by atoms with Gasteiger partial charge in [0.2, 0.25) is 0 Å². The molecule has 2 aromatic carbocycles. The maximum atomic E-state index is 11.7. The molecule has 174 valence electrons. The second-order valence-electron chi connectivity index (χ2n) is 8.62. The summed E-state index contributed by atoms with van der Waals surface area (Å²) in [5.41, 5.74) is 7.84. The van der Waals surface area contributed by atoms with Gasteiger partial charge in [0.15, 0.2) is 0 Å². The topological polar surface area (TPSA) is 114 Å². The minimum atomic E-state index is -0.713. The number of ether oxygens (including phenoxy) is 3. The van der Waals surface area contributed by atoms with Crippen molar-refractivity contribution >= 4 is 16.7 Å². The number of hydrogen-bond donors (Lipinski definition) is 1. The molecule has 0 aliphatic carbocycles. The smallest absolute Gasteiger partial charge is 0.306 e. The Kier molecular flexibility index (Phi) is 10.1. The summed E-state index contributed by atoms with van der Waals surface area (Å²) in [4.78, 5) is 14.3. The number of hydrogen-bond acceptors (Lipinski definition) is 6. The molecule has 0 saturated heterocycles. The molecule has 2 rings (SSSR count). The van der Waals surface area contributed by atoms with Gasteiger partial charge >= 0.3 is 5.97 Å². The largest absolute Gasteiger partial charge is 0.494 e. The Morgan fingerprint density at radius 1 is 1.03 bits per heavy atom. The number of carbonyl (C=O) groups is 1. The van der Waals surface area contributed by atoms with E-state index in [4.69, 9.17) is 19.7 Å². The van der Waals surface area contributed by atoms with E-state index >= 15 is 0 Å². The number of benzene rings is 2. The van der Waals surface area contributed by atoms with Crippen LogP contribution in [0.4, 0.5) is 0 Å². The van der Waals surface area contributed by atoms with Crippen molar-refractivity contribution in [3.8, 4) is 11.5 Å². The van der Waals surface area contributed by atoms with Gasteiger partial charge in [-0.05, 0) is 80.6 Å².